The van der Waals surface area contributed by atoms with E-state index in [4.69, 9.17) is 16.6 Å². The molecule has 12 heteroatoms. The molecule has 3 unspecified atom stereocenters. The van der Waals surface area contributed by atoms with Crippen molar-refractivity contribution in [2.24, 2.45) is 0 Å². The van der Waals surface area contributed by atoms with Gasteiger partial charge in [0.05, 0.1) is 48.7 Å². The van der Waals surface area contributed by atoms with Crippen molar-refractivity contribution in [3.05, 3.63) is 81.8 Å². The fourth-order valence-corrected chi connectivity index (χ4v) is 6.80. The lowest BCUT2D eigenvalue weighted by atomic mass is 10.0. The van der Waals surface area contributed by atoms with E-state index >= 15 is 4.39 Å². The number of piperazine rings is 1. The number of hydrogen-bond donors (Lipinski definition) is 0. The molecule has 0 N–H and O–H groups in total. The molecule has 44 heavy (non-hydrogen) atoms. The third-order valence-corrected chi connectivity index (χ3v) is 9.21. The van der Waals surface area contributed by atoms with Crippen molar-refractivity contribution < 1.29 is 13.4 Å². The Kier molecular flexibility index (Phi) is 8.73. The van der Waals surface area contributed by atoms with Gasteiger partial charge in [-0.1, -0.05) is 38.1 Å². The number of carbonyl (C=O) groups excluding carboxylic acids is 1. The topological polar surface area (TPSA) is 101 Å². The first-order valence-electron chi connectivity index (χ1n) is 14.3. The molecule has 0 bridgehead atoms. The average Bonchev–Trinajstić information content (AvgIpc) is 2.97. The number of aromatic nitrogens is 4. The van der Waals surface area contributed by atoms with Crippen LogP contribution in [0, 0.1) is 12.7 Å². The van der Waals surface area contributed by atoms with Crippen LogP contribution in [0.1, 0.15) is 44.9 Å². The molecular formula is C32H34ClFN6O3S. The maximum absolute atomic E-state index is 15.4. The van der Waals surface area contributed by atoms with E-state index in [0.29, 0.717) is 35.7 Å². The lowest BCUT2D eigenvalue weighted by molar-refractivity contribution is -0.128. The molecule has 1 aromatic carbocycles. The number of halogens is 2. The first kappa shape index (κ1) is 31.5. The summed E-state index contributed by atoms with van der Waals surface area (Å²) in [7, 11) is -1.55. The molecule has 1 saturated heterocycles. The Balaban J connectivity index is 1.87. The number of rotatable bonds is 6. The van der Waals surface area contributed by atoms with Crippen molar-refractivity contribution >= 4 is 45.2 Å². The molecule has 1 fully saturated rings. The minimum Gasteiger partial charge on any atom is -0.349 e. The van der Waals surface area contributed by atoms with Gasteiger partial charge in [0.1, 0.15) is 11.6 Å². The SMILES string of the molecule is C=CC(=O)N1CC(C)N(c2nc(=O)n(-c3c(C)ccnc3C(C)C)c3nc(-c4c(F)cccc4S(C)=O)c(Cl)cc23)CC1C. The second kappa shape index (κ2) is 12.2. The van der Waals surface area contributed by atoms with Gasteiger partial charge in [-0.15, -0.1) is 0 Å². The number of carbonyl (C=O) groups is 1. The maximum atomic E-state index is 15.4. The number of fused-ring (bicyclic) bond motifs is 1. The van der Waals surface area contributed by atoms with Crippen LogP contribution in [0.5, 0.6) is 0 Å². The minimum absolute atomic E-state index is 0.00290. The van der Waals surface area contributed by atoms with Crippen LogP contribution >= 0.6 is 11.6 Å². The molecular weight excluding hydrogens is 603 g/mol. The van der Waals surface area contributed by atoms with E-state index < -0.39 is 22.3 Å². The average molecular weight is 637 g/mol. The molecule has 0 spiro atoms. The minimum atomic E-state index is -1.55. The number of hydrogen-bond acceptors (Lipinski definition) is 7. The summed E-state index contributed by atoms with van der Waals surface area (Å²) in [5.74, 6) is -0.502. The molecule has 1 aliphatic heterocycles. The van der Waals surface area contributed by atoms with Crippen LogP contribution in [-0.2, 0) is 15.6 Å². The summed E-state index contributed by atoms with van der Waals surface area (Å²) in [6.07, 6.45) is 4.44. The number of benzene rings is 1. The van der Waals surface area contributed by atoms with Gasteiger partial charge in [-0.2, -0.15) is 4.98 Å². The van der Waals surface area contributed by atoms with Gasteiger partial charge >= 0.3 is 5.69 Å². The second-order valence-corrected chi connectivity index (χ2v) is 13.1. The van der Waals surface area contributed by atoms with Crippen molar-refractivity contribution in [3.63, 3.8) is 0 Å². The Morgan fingerprint density at radius 1 is 1.18 bits per heavy atom. The van der Waals surface area contributed by atoms with E-state index in [1.54, 1.807) is 29.3 Å². The Morgan fingerprint density at radius 2 is 1.91 bits per heavy atom. The van der Waals surface area contributed by atoms with Gasteiger partial charge in [0.2, 0.25) is 5.91 Å². The van der Waals surface area contributed by atoms with Crippen LogP contribution in [0.25, 0.3) is 28.0 Å². The van der Waals surface area contributed by atoms with E-state index in [1.165, 1.54) is 29.0 Å². The molecule has 3 atom stereocenters. The Bertz CT molecular complexity index is 1890. The molecule has 1 aliphatic rings. The van der Waals surface area contributed by atoms with Crippen molar-refractivity contribution in [2.45, 2.75) is 57.5 Å². The first-order valence-corrected chi connectivity index (χ1v) is 16.2. The third kappa shape index (κ3) is 5.43. The quantitative estimate of drug-likeness (QED) is 0.261. The number of aryl methyl sites for hydroxylation is 1. The first-order chi connectivity index (χ1) is 20.8. The highest BCUT2D eigenvalue weighted by Crippen LogP contribution is 2.38. The number of anilines is 1. The Labute approximate surface area is 262 Å². The summed E-state index contributed by atoms with van der Waals surface area (Å²) >= 11 is 6.86. The summed E-state index contributed by atoms with van der Waals surface area (Å²) in [6.45, 7) is 14.1. The highest BCUT2D eigenvalue weighted by molar-refractivity contribution is 7.84. The molecule has 0 aliphatic carbocycles. The number of nitrogens with zero attached hydrogens (tertiary/aromatic N) is 6. The molecule has 0 radical (unpaired) electrons. The monoisotopic (exact) mass is 636 g/mol. The molecule has 0 saturated carbocycles. The molecule has 4 heterocycles. The van der Waals surface area contributed by atoms with Crippen LogP contribution in [0.15, 0.2) is 58.9 Å². The van der Waals surface area contributed by atoms with Gasteiger partial charge < -0.3 is 9.80 Å². The summed E-state index contributed by atoms with van der Waals surface area (Å²) < 4.78 is 29.5. The van der Waals surface area contributed by atoms with E-state index in [9.17, 15) is 13.8 Å². The van der Waals surface area contributed by atoms with Crippen LogP contribution < -0.4 is 10.6 Å². The summed E-state index contributed by atoms with van der Waals surface area (Å²) in [5.41, 5.74) is 1.65. The Morgan fingerprint density at radius 3 is 2.57 bits per heavy atom. The maximum Gasteiger partial charge on any atom is 0.355 e. The van der Waals surface area contributed by atoms with Crippen LogP contribution in [0.4, 0.5) is 10.2 Å². The van der Waals surface area contributed by atoms with Gasteiger partial charge in [-0.3, -0.25) is 14.0 Å². The lowest BCUT2D eigenvalue weighted by Gasteiger charge is -2.44. The molecule has 230 valence electrons. The zero-order valence-electron chi connectivity index (χ0n) is 25.5. The molecule has 1 amide bonds. The number of pyridine rings is 2. The zero-order chi connectivity index (χ0) is 32.0. The van der Waals surface area contributed by atoms with E-state index in [-0.39, 0.29) is 50.7 Å². The molecule has 9 nitrogen and oxygen atoms in total. The summed E-state index contributed by atoms with van der Waals surface area (Å²) in [4.78, 5) is 44.6. The van der Waals surface area contributed by atoms with E-state index in [2.05, 4.69) is 16.5 Å². The van der Waals surface area contributed by atoms with Crippen molar-refractivity contribution in [1.82, 2.24) is 24.4 Å². The standard InChI is InChI=1S/C32H34ClFN6O3S/c1-8-25(41)38-15-20(6)39(16-19(38)5)30-21-14-22(33)28(26-23(34)10-9-11-24(26)44(7)43)36-31(21)40(32(42)37-30)29-18(4)12-13-35-27(29)17(2)3/h8-14,17,19-20H,1,15-16H2,2-7H3. The smallest absolute Gasteiger partial charge is 0.349 e. The zero-order valence-corrected chi connectivity index (χ0v) is 27.0. The van der Waals surface area contributed by atoms with Gasteiger partial charge in [0.25, 0.3) is 0 Å². The molecule has 4 aromatic rings. The van der Waals surface area contributed by atoms with Crippen molar-refractivity contribution in [1.29, 1.82) is 0 Å². The number of amides is 1. The van der Waals surface area contributed by atoms with Crippen molar-refractivity contribution in [3.8, 4) is 16.9 Å². The molecule has 3 aromatic heterocycles. The highest BCUT2D eigenvalue weighted by atomic mass is 35.5. The fraction of sp³-hybridized carbons (Fsp3) is 0.344. The Hall–Kier alpha value is -3.96. The highest BCUT2D eigenvalue weighted by Gasteiger charge is 2.34. The summed E-state index contributed by atoms with van der Waals surface area (Å²) in [6, 6.07) is 7.32. The van der Waals surface area contributed by atoms with E-state index in [0.717, 1.165) is 5.56 Å². The second-order valence-electron chi connectivity index (χ2n) is 11.4. The van der Waals surface area contributed by atoms with E-state index in [1.807, 2.05) is 39.5 Å². The van der Waals surface area contributed by atoms with Gasteiger partial charge in [-0.05, 0) is 62.6 Å². The molecule has 5 rings (SSSR count). The van der Waals surface area contributed by atoms with Gasteiger partial charge in [0, 0.05) is 37.6 Å². The third-order valence-electron chi connectivity index (χ3n) is 7.96. The largest absolute Gasteiger partial charge is 0.355 e. The fourth-order valence-electron chi connectivity index (χ4n) is 5.81. The van der Waals surface area contributed by atoms with Crippen LogP contribution in [0.2, 0.25) is 5.02 Å². The van der Waals surface area contributed by atoms with Gasteiger partial charge in [0.15, 0.2) is 5.65 Å². The summed E-state index contributed by atoms with van der Waals surface area (Å²) in [5, 5.41) is 0.574. The lowest BCUT2D eigenvalue weighted by Crippen LogP contribution is -2.58. The van der Waals surface area contributed by atoms with Crippen molar-refractivity contribution in [2.75, 3.05) is 24.2 Å². The van der Waals surface area contributed by atoms with Crippen LogP contribution in [-0.4, -0.2) is 66.0 Å². The predicted molar refractivity (Wildman–Crippen MR) is 173 cm³/mol. The predicted octanol–water partition coefficient (Wildman–Crippen LogP) is 5.42. The normalized spacial score (nSPS) is 17.8. The van der Waals surface area contributed by atoms with Gasteiger partial charge in [-0.25, -0.2) is 18.7 Å². The van der Waals surface area contributed by atoms with Crippen LogP contribution in [0.3, 0.4) is 0 Å².